The van der Waals surface area contributed by atoms with Gasteiger partial charge in [-0.2, -0.15) is 0 Å². The number of anilines is 1. The van der Waals surface area contributed by atoms with E-state index in [0.717, 1.165) is 11.3 Å². The monoisotopic (exact) mass is 359 g/mol. The molecule has 0 spiro atoms. The lowest BCUT2D eigenvalue weighted by Crippen LogP contribution is -2.11. The maximum atomic E-state index is 11.9. The van der Waals surface area contributed by atoms with Gasteiger partial charge in [-0.3, -0.25) is 4.79 Å². The molecule has 1 heterocycles. The van der Waals surface area contributed by atoms with E-state index in [4.69, 9.17) is 16.0 Å². The first-order valence-corrected chi connectivity index (χ1v) is 8.64. The minimum atomic E-state index is -0.0525. The Balaban J connectivity index is 1.50. The first-order chi connectivity index (χ1) is 11.7. The van der Waals surface area contributed by atoms with Gasteiger partial charge in [0.05, 0.1) is 0 Å². The molecule has 0 fully saturated rings. The number of hydrogen-bond acceptors (Lipinski definition) is 5. The Hall–Kier alpha value is -2.31. The van der Waals surface area contributed by atoms with Crippen LogP contribution in [0.25, 0.3) is 11.5 Å². The smallest absolute Gasteiger partial charge is 0.276 e. The molecular formula is C17H14ClN3O2S. The maximum Gasteiger partial charge on any atom is 0.276 e. The normalized spacial score (nSPS) is 10.5. The number of nitrogens with zero attached hydrogens (tertiary/aromatic N) is 2. The van der Waals surface area contributed by atoms with Gasteiger partial charge in [-0.05, 0) is 30.3 Å². The third-order valence-corrected chi connectivity index (χ3v) is 4.15. The second kappa shape index (κ2) is 7.99. The molecule has 3 aromatic rings. The van der Waals surface area contributed by atoms with Crippen molar-refractivity contribution in [1.29, 1.82) is 0 Å². The molecular weight excluding hydrogens is 346 g/mol. The number of rotatable bonds is 6. The molecule has 0 aliphatic rings. The highest BCUT2D eigenvalue weighted by Crippen LogP contribution is 2.25. The summed E-state index contributed by atoms with van der Waals surface area (Å²) in [4.78, 5) is 11.9. The lowest BCUT2D eigenvalue weighted by molar-refractivity contribution is -0.115. The van der Waals surface area contributed by atoms with Crippen LogP contribution >= 0.6 is 23.4 Å². The second-order valence-electron chi connectivity index (χ2n) is 4.90. The van der Waals surface area contributed by atoms with Gasteiger partial charge in [0.25, 0.3) is 5.22 Å². The molecule has 0 radical (unpaired) electrons. The number of halogens is 1. The quantitative estimate of drug-likeness (QED) is 0.656. The summed E-state index contributed by atoms with van der Waals surface area (Å²) in [6, 6.07) is 16.6. The predicted octanol–water partition coefficient (Wildman–Crippen LogP) is 4.51. The van der Waals surface area contributed by atoms with Crippen LogP contribution in [0.1, 0.15) is 6.42 Å². The van der Waals surface area contributed by atoms with E-state index in [9.17, 15) is 4.79 Å². The minimum absolute atomic E-state index is 0.0525. The summed E-state index contributed by atoms with van der Waals surface area (Å²) in [5.41, 5.74) is 1.55. The highest BCUT2D eigenvalue weighted by Gasteiger charge is 2.10. The van der Waals surface area contributed by atoms with Crippen LogP contribution in [0.15, 0.2) is 64.2 Å². The Morgan fingerprint density at radius 1 is 1.12 bits per heavy atom. The average molecular weight is 360 g/mol. The molecule has 0 atom stereocenters. The van der Waals surface area contributed by atoms with Gasteiger partial charge in [0.1, 0.15) is 0 Å². The molecule has 3 rings (SSSR count). The molecule has 122 valence electrons. The molecule has 7 heteroatoms. The number of thioether (sulfide) groups is 1. The van der Waals surface area contributed by atoms with Crippen LogP contribution < -0.4 is 5.32 Å². The summed E-state index contributed by atoms with van der Waals surface area (Å²) in [6.45, 7) is 0. The Morgan fingerprint density at radius 3 is 2.75 bits per heavy atom. The van der Waals surface area contributed by atoms with Crippen molar-refractivity contribution in [1.82, 2.24) is 10.2 Å². The first-order valence-electron chi connectivity index (χ1n) is 7.28. The molecule has 0 saturated heterocycles. The van der Waals surface area contributed by atoms with Crippen LogP contribution in [0.4, 0.5) is 5.69 Å². The number of amides is 1. The maximum absolute atomic E-state index is 11.9. The molecule has 0 unspecified atom stereocenters. The third kappa shape index (κ3) is 4.59. The molecule has 24 heavy (non-hydrogen) atoms. The average Bonchev–Trinajstić information content (AvgIpc) is 3.05. The topological polar surface area (TPSA) is 68.0 Å². The summed E-state index contributed by atoms with van der Waals surface area (Å²) in [5, 5.41) is 11.8. The molecule has 0 saturated carbocycles. The van der Waals surface area contributed by atoms with E-state index in [1.807, 2.05) is 42.5 Å². The van der Waals surface area contributed by atoms with Crippen molar-refractivity contribution in [2.24, 2.45) is 0 Å². The molecule has 1 aromatic heterocycles. The molecule has 1 amide bonds. The van der Waals surface area contributed by atoms with Crippen molar-refractivity contribution in [2.45, 2.75) is 11.6 Å². The van der Waals surface area contributed by atoms with Gasteiger partial charge in [0, 0.05) is 28.4 Å². The summed E-state index contributed by atoms with van der Waals surface area (Å²) in [5.74, 6) is 0.910. The van der Waals surface area contributed by atoms with Crippen LogP contribution in [0.5, 0.6) is 0 Å². The first kappa shape index (κ1) is 16.5. The van der Waals surface area contributed by atoms with Gasteiger partial charge in [-0.15, -0.1) is 10.2 Å². The van der Waals surface area contributed by atoms with E-state index in [-0.39, 0.29) is 5.91 Å². The van der Waals surface area contributed by atoms with Crippen molar-refractivity contribution < 1.29 is 9.21 Å². The summed E-state index contributed by atoms with van der Waals surface area (Å²) in [6.07, 6.45) is 0.356. The van der Waals surface area contributed by atoms with Gasteiger partial charge in [0.15, 0.2) is 0 Å². The van der Waals surface area contributed by atoms with Gasteiger partial charge in [0.2, 0.25) is 11.8 Å². The molecule has 5 nitrogen and oxygen atoms in total. The zero-order valence-corrected chi connectivity index (χ0v) is 14.2. The van der Waals surface area contributed by atoms with Crippen LogP contribution in [0.2, 0.25) is 5.02 Å². The molecule has 1 N–H and O–H groups in total. The number of aromatic nitrogens is 2. The van der Waals surface area contributed by atoms with E-state index in [0.29, 0.717) is 28.3 Å². The van der Waals surface area contributed by atoms with Crippen LogP contribution in [0.3, 0.4) is 0 Å². The Bertz CT molecular complexity index is 823. The fraction of sp³-hybridized carbons (Fsp3) is 0.118. The number of benzene rings is 2. The van der Waals surface area contributed by atoms with Gasteiger partial charge in [-0.1, -0.05) is 47.6 Å². The van der Waals surface area contributed by atoms with E-state index in [1.165, 1.54) is 11.8 Å². The number of nitrogens with one attached hydrogen (secondary N) is 1. The highest BCUT2D eigenvalue weighted by atomic mass is 35.5. The number of para-hydroxylation sites is 1. The summed E-state index contributed by atoms with van der Waals surface area (Å²) >= 11 is 7.29. The lowest BCUT2D eigenvalue weighted by Gasteiger charge is -2.03. The fourth-order valence-electron chi connectivity index (χ4n) is 1.98. The number of hydrogen-bond donors (Lipinski definition) is 1. The van der Waals surface area contributed by atoms with Crippen molar-refractivity contribution in [2.75, 3.05) is 11.1 Å². The molecule has 0 aliphatic heterocycles. The van der Waals surface area contributed by atoms with Crippen LogP contribution in [0, 0.1) is 0 Å². The zero-order valence-electron chi connectivity index (χ0n) is 12.6. The SMILES string of the molecule is O=C(CCSc1nnc(-c2cccc(Cl)c2)o1)Nc1ccccc1. The van der Waals surface area contributed by atoms with Crippen molar-refractivity contribution in [3.63, 3.8) is 0 Å². The van der Waals surface area contributed by atoms with Gasteiger partial charge in [-0.25, -0.2) is 0 Å². The standard InChI is InChI=1S/C17H14ClN3O2S/c18-13-6-4-5-12(11-13)16-20-21-17(23-16)24-10-9-15(22)19-14-7-2-1-3-8-14/h1-8,11H,9-10H2,(H,19,22). The van der Waals surface area contributed by atoms with E-state index in [1.54, 1.807) is 12.1 Å². The lowest BCUT2D eigenvalue weighted by atomic mass is 10.2. The van der Waals surface area contributed by atoms with Gasteiger partial charge >= 0.3 is 0 Å². The van der Waals surface area contributed by atoms with Gasteiger partial charge < -0.3 is 9.73 Å². The molecule has 0 bridgehead atoms. The summed E-state index contributed by atoms with van der Waals surface area (Å²) < 4.78 is 5.58. The van der Waals surface area contributed by atoms with E-state index in [2.05, 4.69) is 15.5 Å². The fourth-order valence-corrected chi connectivity index (χ4v) is 2.87. The van der Waals surface area contributed by atoms with E-state index < -0.39 is 0 Å². The number of carbonyl (C=O) groups excluding carboxylic acids is 1. The molecule has 0 aliphatic carbocycles. The van der Waals surface area contributed by atoms with Crippen LogP contribution in [-0.4, -0.2) is 21.9 Å². The number of carbonyl (C=O) groups is 1. The highest BCUT2D eigenvalue weighted by molar-refractivity contribution is 7.99. The van der Waals surface area contributed by atoms with Crippen molar-refractivity contribution in [3.8, 4) is 11.5 Å². The summed E-state index contributed by atoms with van der Waals surface area (Å²) in [7, 11) is 0. The largest absolute Gasteiger partial charge is 0.411 e. The second-order valence-corrected chi connectivity index (χ2v) is 6.38. The zero-order chi connectivity index (χ0) is 16.8. The van der Waals surface area contributed by atoms with Crippen molar-refractivity contribution in [3.05, 3.63) is 59.6 Å². The minimum Gasteiger partial charge on any atom is -0.411 e. The van der Waals surface area contributed by atoms with E-state index >= 15 is 0 Å². The Labute approximate surface area is 148 Å². The Kier molecular flexibility index (Phi) is 5.51. The third-order valence-electron chi connectivity index (χ3n) is 3.09. The van der Waals surface area contributed by atoms with Crippen LogP contribution in [-0.2, 0) is 4.79 Å². The van der Waals surface area contributed by atoms with Crippen molar-refractivity contribution >= 4 is 35.0 Å². The Morgan fingerprint density at radius 2 is 1.96 bits per heavy atom. The predicted molar refractivity (Wildman–Crippen MR) is 95.2 cm³/mol. The molecule has 2 aromatic carbocycles.